The van der Waals surface area contributed by atoms with E-state index in [1.807, 2.05) is 6.08 Å². The summed E-state index contributed by atoms with van der Waals surface area (Å²) < 4.78 is 0. The molecule has 1 heterocycles. The molecule has 40 valence electrons. The monoisotopic (exact) mass is 101 g/mol. The summed E-state index contributed by atoms with van der Waals surface area (Å²) in [5.74, 6) is 0. The first-order valence-corrected chi connectivity index (χ1v) is 2.18. The molecule has 0 spiro atoms. The van der Waals surface area contributed by atoms with Gasteiger partial charge in [0, 0.05) is 6.20 Å². The molecule has 0 aromatic carbocycles. The van der Waals surface area contributed by atoms with Gasteiger partial charge < -0.3 is 0 Å². The number of rotatable bonds is 1. The van der Waals surface area contributed by atoms with Gasteiger partial charge in [0.2, 0.25) is 0 Å². The summed E-state index contributed by atoms with van der Waals surface area (Å²) >= 11 is 0. The first-order chi connectivity index (χ1) is 3.43. The molecular weight excluding hydrogens is 94.0 g/mol. The summed E-state index contributed by atoms with van der Waals surface area (Å²) in [7, 11) is 0. The summed E-state index contributed by atoms with van der Waals surface area (Å²) in [5.41, 5.74) is 0. The molecule has 1 aliphatic rings. The molecule has 0 aromatic heterocycles. The van der Waals surface area contributed by atoms with E-state index in [-0.39, 0.29) is 0 Å². The molecule has 0 atom stereocenters. The highest BCUT2D eigenvalue weighted by Crippen LogP contribution is 2.01. The maximum Gasteiger partial charge on any atom is 0.0513 e. The lowest BCUT2D eigenvalue weighted by Gasteiger charge is -2.05. The van der Waals surface area contributed by atoms with Crippen molar-refractivity contribution in [3.63, 3.8) is 0 Å². The van der Waals surface area contributed by atoms with Gasteiger partial charge in [0.25, 0.3) is 0 Å². The van der Waals surface area contributed by atoms with Gasteiger partial charge in [0.05, 0.1) is 6.54 Å². The molecule has 0 fully saturated rings. The van der Waals surface area contributed by atoms with Crippen LogP contribution in [0.15, 0.2) is 12.3 Å². The molecule has 1 N–H and O–H groups in total. The maximum atomic E-state index is 7.94. The summed E-state index contributed by atoms with van der Waals surface area (Å²) in [6.07, 6.45) is 4.58. The predicted octanol–water partition coefficient (Wildman–Crippen LogP) is 0.610. The Morgan fingerprint density at radius 3 is 2.86 bits per heavy atom. The Hall–Kier alpha value is -0.540. The summed E-state index contributed by atoms with van der Waals surface area (Å²) in [4.78, 5) is 3.86. The minimum atomic E-state index is 0.760. The van der Waals surface area contributed by atoms with Gasteiger partial charge in [-0.05, 0) is 6.42 Å². The van der Waals surface area contributed by atoms with E-state index in [0.717, 1.165) is 13.0 Å². The molecule has 1 aliphatic heterocycles. The quantitative estimate of drug-likeness (QED) is 0.388. The number of hydrogen-bond acceptors (Lipinski definition) is 3. The first-order valence-electron chi connectivity index (χ1n) is 2.18. The normalized spacial score (nSPS) is 18.7. The molecule has 3 heteroatoms. The summed E-state index contributed by atoms with van der Waals surface area (Å²) in [6, 6.07) is 0. The molecule has 0 unspecified atom stereocenters. The SMILES string of the molecule is OON1C=CCC1. The van der Waals surface area contributed by atoms with Crippen molar-refractivity contribution in [3.8, 4) is 0 Å². The Labute approximate surface area is 41.7 Å². The van der Waals surface area contributed by atoms with Crippen molar-refractivity contribution in [2.75, 3.05) is 6.54 Å². The smallest absolute Gasteiger partial charge is 0.0513 e. The van der Waals surface area contributed by atoms with Crippen LogP contribution in [0, 0.1) is 0 Å². The van der Waals surface area contributed by atoms with Crippen LogP contribution < -0.4 is 0 Å². The molecule has 0 aliphatic carbocycles. The lowest BCUT2D eigenvalue weighted by Crippen LogP contribution is -2.11. The van der Waals surface area contributed by atoms with E-state index in [2.05, 4.69) is 4.99 Å². The van der Waals surface area contributed by atoms with Gasteiger partial charge in [-0.1, -0.05) is 6.08 Å². The fourth-order valence-electron chi connectivity index (χ4n) is 0.536. The predicted molar refractivity (Wildman–Crippen MR) is 24.2 cm³/mol. The summed E-state index contributed by atoms with van der Waals surface area (Å²) in [6.45, 7) is 0.760. The van der Waals surface area contributed by atoms with Crippen molar-refractivity contribution in [1.29, 1.82) is 0 Å². The second-order valence-electron chi connectivity index (χ2n) is 1.40. The molecule has 1 rings (SSSR count). The Kier molecular flexibility index (Phi) is 1.29. The van der Waals surface area contributed by atoms with Crippen LogP contribution in [0.3, 0.4) is 0 Å². The van der Waals surface area contributed by atoms with E-state index in [4.69, 9.17) is 5.26 Å². The van der Waals surface area contributed by atoms with Gasteiger partial charge in [-0.3, -0.25) is 0 Å². The van der Waals surface area contributed by atoms with Crippen LogP contribution in [-0.4, -0.2) is 16.9 Å². The molecule has 0 saturated carbocycles. The van der Waals surface area contributed by atoms with E-state index in [1.54, 1.807) is 6.20 Å². The van der Waals surface area contributed by atoms with Crippen molar-refractivity contribution >= 4 is 0 Å². The molecule has 0 amide bonds. The highest BCUT2D eigenvalue weighted by Gasteiger charge is 2.00. The van der Waals surface area contributed by atoms with Crippen LogP contribution >= 0.6 is 0 Å². The molecule has 0 radical (unpaired) electrons. The number of hydrogen-bond donors (Lipinski definition) is 1. The lowest BCUT2D eigenvalue weighted by atomic mass is 10.5. The van der Waals surface area contributed by atoms with Crippen molar-refractivity contribution in [3.05, 3.63) is 12.3 Å². The molecule has 7 heavy (non-hydrogen) atoms. The van der Waals surface area contributed by atoms with E-state index in [1.165, 1.54) is 5.06 Å². The average molecular weight is 101 g/mol. The van der Waals surface area contributed by atoms with Crippen LogP contribution in [0.5, 0.6) is 0 Å². The van der Waals surface area contributed by atoms with Crippen LogP contribution in [0.2, 0.25) is 0 Å². The average Bonchev–Trinajstić information content (AvgIpc) is 2.14. The maximum absolute atomic E-state index is 7.94. The Balaban J connectivity index is 2.28. The number of hydroxylamine groups is 2. The second kappa shape index (κ2) is 1.95. The largest absolute Gasteiger partial charge is 0.230 e. The minimum Gasteiger partial charge on any atom is -0.230 e. The third-order valence-electron chi connectivity index (χ3n) is 0.893. The molecule has 3 nitrogen and oxygen atoms in total. The van der Waals surface area contributed by atoms with Crippen LogP contribution in [-0.2, 0) is 4.99 Å². The van der Waals surface area contributed by atoms with Crippen molar-refractivity contribution in [2.24, 2.45) is 0 Å². The Morgan fingerprint density at radius 1 is 1.71 bits per heavy atom. The zero-order chi connectivity index (χ0) is 5.11. The highest BCUT2D eigenvalue weighted by atomic mass is 17.2. The fourth-order valence-corrected chi connectivity index (χ4v) is 0.536. The van der Waals surface area contributed by atoms with Crippen molar-refractivity contribution in [2.45, 2.75) is 6.42 Å². The van der Waals surface area contributed by atoms with E-state index < -0.39 is 0 Å². The van der Waals surface area contributed by atoms with E-state index in [0.29, 0.717) is 0 Å². The van der Waals surface area contributed by atoms with Gasteiger partial charge in [-0.2, -0.15) is 0 Å². The Bertz CT molecular complexity index is 81.8. The zero-order valence-corrected chi connectivity index (χ0v) is 3.87. The minimum absolute atomic E-state index is 0.760. The lowest BCUT2D eigenvalue weighted by molar-refractivity contribution is -0.375. The van der Waals surface area contributed by atoms with Crippen LogP contribution in [0.1, 0.15) is 6.42 Å². The topological polar surface area (TPSA) is 32.7 Å². The van der Waals surface area contributed by atoms with Gasteiger partial charge in [-0.15, -0.1) is 4.99 Å². The highest BCUT2D eigenvalue weighted by molar-refractivity contribution is 4.86. The third kappa shape index (κ3) is 0.913. The number of nitrogens with zero attached hydrogens (tertiary/aromatic N) is 1. The van der Waals surface area contributed by atoms with Crippen LogP contribution in [0.4, 0.5) is 0 Å². The first kappa shape index (κ1) is 4.61. The van der Waals surface area contributed by atoms with Gasteiger partial charge in [0.15, 0.2) is 0 Å². The van der Waals surface area contributed by atoms with Gasteiger partial charge >= 0.3 is 0 Å². The molecule has 0 bridgehead atoms. The van der Waals surface area contributed by atoms with Gasteiger partial charge in [0.1, 0.15) is 0 Å². The molecule has 0 saturated heterocycles. The van der Waals surface area contributed by atoms with Crippen molar-refractivity contribution < 1.29 is 10.2 Å². The Morgan fingerprint density at radius 2 is 2.57 bits per heavy atom. The second-order valence-corrected chi connectivity index (χ2v) is 1.40. The standard InChI is InChI=1S/C4H7NO2/c6-7-5-3-1-2-4-5/h1,3,6H,2,4H2. The third-order valence-corrected chi connectivity index (χ3v) is 0.893. The zero-order valence-electron chi connectivity index (χ0n) is 3.87. The van der Waals surface area contributed by atoms with E-state index in [9.17, 15) is 0 Å². The fraction of sp³-hybridized carbons (Fsp3) is 0.500. The van der Waals surface area contributed by atoms with Crippen LogP contribution in [0.25, 0.3) is 0 Å². The molecular formula is C4H7NO2. The van der Waals surface area contributed by atoms with E-state index >= 15 is 0 Å². The van der Waals surface area contributed by atoms with Crippen molar-refractivity contribution in [1.82, 2.24) is 5.06 Å². The summed E-state index contributed by atoms with van der Waals surface area (Å²) in [5, 5.41) is 9.30. The van der Waals surface area contributed by atoms with Gasteiger partial charge in [-0.25, -0.2) is 10.3 Å². The molecule has 0 aromatic rings.